The molecule has 0 aliphatic rings. The summed E-state index contributed by atoms with van der Waals surface area (Å²) >= 11 is 0. The molecule has 1 heterocycles. The molecule has 1 aromatic heterocycles. The Labute approximate surface area is 117 Å². The van der Waals surface area contributed by atoms with E-state index in [4.69, 9.17) is 0 Å². The molecule has 0 saturated heterocycles. The van der Waals surface area contributed by atoms with E-state index in [0.717, 1.165) is 23.0 Å². The van der Waals surface area contributed by atoms with Gasteiger partial charge in [0.05, 0.1) is 11.4 Å². The summed E-state index contributed by atoms with van der Waals surface area (Å²) in [5, 5.41) is 8.05. The van der Waals surface area contributed by atoms with Gasteiger partial charge in [0.2, 0.25) is 0 Å². The Balaban J connectivity index is 2.03. The highest BCUT2D eigenvalue weighted by Crippen LogP contribution is 2.22. The molecule has 100 valence electrons. The molecule has 0 radical (unpaired) electrons. The van der Waals surface area contributed by atoms with Crippen LogP contribution < -0.4 is 0 Å². The van der Waals surface area contributed by atoms with Crippen LogP contribution in [-0.4, -0.2) is 20.9 Å². The van der Waals surface area contributed by atoms with Gasteiger partial charge >= 0.3 is 0 Å². The zero-order chi connectivity index (χ0) is 13.9. The van der Waals surface area contributed by atoms with Crippen LogP contribution in [0.3, 0.4) is 0 Å². The Morgan fingerprint density at radius 2 is 1.80 bits per heavy atom. The normalized spacial score (nSPS) is 12.4. The molecular formula is C16H15N3O. The second-order valence-electron chi connectivity index (χ2n) is 4.70. The van der Waals surface area contributed by atoms with Crippen molar-refractivity contribution in [3.05, 3.63) is 60.2 Å². The van der Waals surface area contributed by atoms with Gasteiger partial charge in [0, 0.05) is 0 Å². The van der Waals surface area contributed by atoms with Crippen molar-refractivity contribution in [1.29, 1.82) is 0 Å². The summed E-state index contributed by atoms with van der Waals surface area (Å²) in [6, 6.07) is 17.3. The third kappa shape index (κ3) is 2.09. The summed E-state index contributed by atoms with van der Waals surface area (Å²) in [4.78, 5) is 12.7. The fourth-order valence-corrected chi connectivity index (χ4v) is 2.42. The van der Waals surface area contributed by atoms with Crippen molar-refractivity contribution < 1.29 is 4.79 Å². The first-order valence-corrected chi connectivity index (χ1v) is 6.71. The number of hydrogen-bond donors (Lipinski definition) is 0. The molecule has 3 rings (SSSR count). The predicted octanol–water partition coefficient (Wildman–Crippen LogP) is 3.27. The van der Waals surface area contributed by atoms with Gasteiger partial charge in [0.25, 0.3) is 5.91 Å². The summed E-state index contributed by atoms with van der Waals surface area (Å²) in [5.74, 6) is -0.228. The predicted molar refractivity (Wildman–Crippen MR) is 77.6 cm³/mol. The van der Waals surface area contributed by atoms with Crippen molar-refractivity contribution in [2.24, 2.45) is 0 Å². The summed E-state index contributed by atoms with van der Waals surface area (Å²) in [7, 11) is 0. The highest BCUT2D eigenvalue weighted by atomic mass is 16.2. The molecule has 2 aromatic carbocycles. The van der Waals surface area contributed by atoms with Gasteiger partial charge in [-0.1, -0.05) is 54.6 Å². The van der Waals surface area contributed by atoms with E-state index in [1.165, 1.54) is 4.68 Å². The lowest BCUT2D eigenvalue weighted by Crippen LogP contribution is -2.21. The lowest BCUT2D eigenvalue weighted by atomic mass is 9.96. The average molecular weight is 265 g/mol. The van der Waals surface area contributed by atoms with E-state index in [1.807, 2.05) is 61.5 Å². The van der Waals surface area contributed by atoms with Crippen LogP contribution in [0.1, 0.15) is 29.6 Å². The SMILES string of the molecule is CC[C@@H](C(=O)n1nnc2ccccc21)c1ccccc1. The highest BCUT2D eigenvalue weighted by Gasteiger charge is 2.22. The topological polar surface area (TPSA) is 47.8 Å². The minimum Gasteiger partial charge on any atom is -0.272 e. The molecular weight excluding hydrogens is 250 g/mol. The standard InChI is InChI=1S/C16H15N3O/c1-2-13(12-8-4-3-5-9-12)16(20)19-15-11-7-6-10-14(15)17-18-19/h3-11,13H,2H2,1H3/t13-/m1/s1. The molecule has 0 amide bonds. The van der Waals surface area contributed by atoms with Crippen molar-refractivity contribution in [2.45, 2.75) is 19.3 Å². The van der Waals surface area contributed by atoms with E-state index >= 15 is 0 Å². The van der Waals surface area contributed by atoms with Crippen LogP contribution in [0.15, 0.2) is 54.6 Å². The maximum Gasteiger partial charge on any atom is 0.256 e. The fraction of sp³-hybridized carbons (Fsp3) is 0.188. The first kappa shape index (κ1) is 12.5. The van der Waals surface area contributed by atoms with Crippen LogP contribution in [0.4, 0.5) is 0 Å². The first-order chi connectivity index (χ1) is 9.81. The largest absolute Gasteiger partial charge is 0.272 e. The van der Waals surface area contributed by atoms with Gasteiger partial charge in [-0.25, -0.2) is 0 Å². The van der Waals surface area contributed by atoms with Crippen molar-refractivity contribution in [3.63, 3.8) is 0 Å². The summed E-state index contributed by atoms with van der Waals surface area (Å²) in [6.45, 7) is 2.01. The molecule has 0 spiro atoms. The number of carbonyl (C=O) groups is 1. The van der Waals surface area contributed by atoms with Gasteiger partial charge in [0.15, 0.2) is 0 Å². The molecule has 0 aliphatic heterocycles. The zero-order valence-corrected chi connectivity index (χ0v) is 11.2. The number of para-hydroxylation sites is 1. The van der Waals surface area contributed by atoms with Crippen molar-refractivity contribution in [3.8, 4) is 0 Å². The van der Waals surface area contributed by atoms with Crippen LogP contribution in [0.5, 0.6) is 0 Å². The van der Waals surface area contributed by atoms with Gasteiger partial charge in [-0.2, -0.15) is 4.68 Å². The Hall–Kier alpha value is -2.49. The molecule has 0 unspecified atom stereocenters. The van der Waals surface area contributed by atoms with Crippen molar-refractivity contribution >= 4 is 16.9 Å². The van der Waals surface area contributed by atoms with E-state index in [-0.39, 0.29) is 11.8 Å². The molecule has 3 aromatic rings. The molecule has 0 N–H and O–H groups in total. The molecule has 20 heavy (non-hydrogen) atoms. The van der Waals surface area contributed by atoms with Crippen LogP contribution in [0.25, 0.3) is 11.0 Å². The molecule has 0 aliphatic carbocycles. The monoisotopic (exact) mass is 265 g/mol. The number of fused-ring (bicyclic) bond motifs is 1. The quantitative estimate of drug-likeness (QED) is 0.730. The van der Waals surface area contributed by atoms with E-state index in [0.29, 0.717) is 0 Å². The number of benzene rings is 2. The van der Waals surface area contributed by atoms with Crippen LogP contribution in [0.2, 0.25) is 0 Å². The number of rotatable bonds is 3. The summed E-state index contributed by atoms with van der Waals surface area (Å²) in [6.07, 6.45) is 0.733. The maximum absolute atomic E-state index is 12.7. The van der Waals surface area contributed by atoms with E-state index in [9.17, 15) is 4.79 Å². The molecule has 4 heteroatoms. The molecule has 4 nitrogen and oxygen atoms in total. The molecule has 0 bridgehead atoms. The Kier molecular flexibility index (Phi) is 3.29. The van der Waals surface area contributed by atoms with E-state index in [1.54, 1.807) is 0 Å². The first-order valence-electron chi connectivity index (χ1n) is 6.71. The Morgan fingerprint density at radius 1 is 1.10 bits per heavy atom. The number of aromatic nitrogens is 3. The smallest absolute Gasteiger partial charge is 0.256 e. The van der Waals surface area contributed by atoms with Gasteiger partial charge in [-0.15, -0.1) is 5.10 Å². The summed E-state index contributed by atoms with van der Waals surface area (Å²) < 4.78 is 1.41. The maximum atomic E-state index is 12.7. The second-order valence-corrected chi connectivity index (χ2v) is 4.70. The van der Waals surface area contributed by atoms with E-state index < -0.39 is 0 Å². The summed E-state index contributed by atoms with van der Waals surface area (Å²) in [5.41, 5.74) is 2.51. The van der Waals surface area contributed by atoms with Gasteiger partial charge in [-0.05, 0) is 24.1 Å². The second kappa shape index (κ2) is 5.25. The number of carbonyl (C=O) groups excluding carboxylic acids is 1. The van der Waals surface area contributed by atoms with Gasteiger partial charge in [0.1, 0.15) is 5.52 Å². The molecule has 1 atom stereocenters. The highest BCUT2D eigenvalue weighted by molar-refractivity contribution is 5.92. The minimum absolute atomic E-state index is 0.0348. The van der Waals surface area contributed by atoms with Crippen molar-refractivity contribution in [1.82, 2.24) is 15.0 Å². The Morgan fingerprint density at radius 3 is 2.55 bits per heavy atom. The van der Waals surface area contributed by atoms with Crippen LogP contribution in [-0.2, 0) is 0 Å². The lowest BCUT2D eigenvalue weighted by Gasteiger charge is -2.13. The number of nitrogens with zero attached hydrogens (tertiary/aromatic N) is 3. The molecule has 0 fully saturated rings. The van der Waals surface area contributed by atoms with Gasteiger partial charge < -0.3 is 0 Å². The third-order valence-electron chi connectivity index (χ3n) is 3.47. The molecule has 0 saturated carbocycles. The van der Waals surface area contributed by atoms with E-state index in [2.05, 4.69) is 10.3 Å². The zero-order valence-electron chi connectivity index (χ0n) is 11.2. The minimum atomic E-state index is -0.193. The van der Waals surface area contributed by atoms with Crippen LogP contribution >= 0.6 is 0 Å². The van der Waals surface area contributed by atoms with Crippen molar-refractivity contribution in [2.75, 3.05) is 0 Å². The van der Waals surface area contributed by atoms with Gasteiger partial charge in [-0.3, -0.25) is 4.79 Å². The van der Waals surface area contributed by atoms with Crippen LogP contribution in [0, 0.1) is 0 Å². The Bertz CT molecular complexity index is 734. The fourth-order valence-electron chi connectivity index (χ4n) is 2.42. The average Bonchev–Trinajstić information content (AvgIpc) is 2.93. The lowest BCUT2D eigenvalue weighted by molar-refractivity contribution is 0.0862. The third-order valence-corrected chi connectivity index (χ3v) is 3.47. The number of hydrogen-bond acceptors (Lipinski definition) is 3.